The number of primary amides is 1. The first kappa shape index (κ1) is 15.0. The topological polar surface area (TPSA) is 75.4 Å². The second-order valence-corrected chi connectivity index (χ2v) is 6.33. The summed E-state index contributed by atoms with van der Waals surface area (Å²) in [5, 5.41) is 5.11. The normalized spacial score (nSPS) is 18.7. The van der Waals surface area contributed by atoms with Gasteiger partial charge in [-0.15, -0.1) is 11.3 Å². The van der Waals surface area contributed by atoms with Crippen LogP contribution in [-0.4, -0.2) is 35.8 Å². The predicted molar refractivity (Wildman–Crippen MR) is 80.9 cm³/mol. The molecule has 20 heavy (non-hydrogen) atoms. The molecule has 0 aromatic carbocycles. The summed E-state index contributed by atoms with van der Waals surface area (Å²) in [5.74, 6) is 0.144. The molecule has 1 aromatic heterocycles. The van der Waals surface area contributed by atoms with Gasteiger partial charge in [-0.1, -0.05) is 6.92 Å². The molecule has 2 amide bonds. The number of amides is 2. The molecule has 1 saturated heterocycles. The third kappa shape index (κ3) is 3.37. The number of nitrogens with zero attached hydrogens (tertiary/aromatic N) is 1. The molecule has 0 bridgehead atoms. The summed E-state index contributed by atoms with van der Waals surface area (Å²) < 4.78 is 0. The highest BCUT2D eigenvalue weighted by Gasteiger charge is 2.26. The third-order valence-electron chi connectivity index (χ3n) is 3.91. The lowest BCUT2D eigenvalue weighted by Gasteiger charge is -2.34. The molecule has 1 aliphatic heterocycles. The van der Waals surface area contributed by atoms with Gasteiger partial charge in [0.2, 0.25) is 5.91 Å². The quantitative estimate of drug-likeness (QED) is 0.891. The Morgan fingerprint density at radius 3 is 2.70 bits per heavy atom. The van der Waals surface area contributed by atoms with Crippen LogP contribution < -0.4 is 11.1 Å². The maximum Gasteiger partial charge on any atom is 0.251 e. The summed E-state index contributed by atoms with van der Waals surface area (Å²) in [6, 6.07) is 1.45. The fraction of sp³-hybridized carbons (Fsp3) is 0.571. The largest absolute Gasteiger partial charge is 0.366 e. The number of nitrogens with one attached hydrogen (secondary N) is 1. The smallest absolute Gasteiger partial charge is 0.251 e. The summed E-state index contributed by atoms with van der Waals surface area (Å²) in [4.78, 5) is 25.7. The highest BCUT2D eigenvalue weighted by atomic mass is 32.1. The zero-order valence-electron chi connectivity index (χ0n) is 11.9. The Morgan fingerprint density at radius 1 is 1.45 bits per heavy atom. The molecular weight excluding hydrogens is 274 g/mol. The Balaban J connectivity index is 1.97. The van der Waals surface area contributed by atoms with Crippen molar-refractivity contribution in [1.82, 2.24) is 4.90 Å². The highest BCUT2D eigenvalue weighted by molar-refractivity contribution is 7.14. The Bertz CT molecular complexity index is 492. The molecule has 1 aromatic rings. The molecule has 0 radical (unpaired) electrons. The number of hydrogen-bond acceptors (Lipinski definition) is 4. The lowest BCUT2D eigenvalue weighted by molar-refractivity contribution is -0.121. The van der Waals surface area contributed by atoms with Crippen molar-refractivity contribution < 1.29 is 9.59 Å². The lowest BCUT2D eigenvalue weighted by Crippen LogP contribution is -2.45. The van der Waals surface area contributed by atoms with E-state index in [0.717, 1.165) is 31.8 Å². The van der Waals surface area contributed by atoms with Gasteiger partial charge in [0.05, 0.1) is 11.6 Å². The molecule has 1 atom stereocenters. The van der Waals surface area contributed by atoms with E-state index in [1.54, 1.807) is 11.4 Å². The number of anilines is 1. The minimum atomic E-state index is -0.513. The van der Waals surface area contributed by atoms with E-state index in [1.165, 1.54) is 11.3 Å². The minimum absolute atomic E-state index is 0.0792. The van der Waals surface area contributed by atoms with Crippen molar-refractivity contribution in [2.75, 3.05) is 18.4 Å². The van der Waals surface area contributed by atoms with E-state index < -0.39 is 5.91 Å². The molecule has 5 nitrogen and oxygen atoms in total. The van der Waals surface area contributed by atoms with E-state index >= 15 is 0 Å². The molecule has 0 spiro atoms. The first-order chi connectivity index (χ1) is 9.49. The summed E-state index contributed by atoms with van der Waals surface area (Å²) in [7, 11) is 0. The van der Waals surface area contributed by atoms with E-state index in [9.17, 15) is 9.59 Å². The fourth-order valence-corrected chi connectivity index (χ4v) is 3.19. The number of likely N-dealkylation sites (tertiary alicyclic amines) is 1. The summed E-state index contributed by atoms with van der Waals surface area (Å²) >= 11 is 1.32. The van der Waals surface area contributed by atoms with Gasteiger partial charge in [0.15, 0.2) is 0 Å². The maximum absolute atomic E-state index is 12.3. The Labute approximate surface area is 123 Å². The number of carbonyl (C=O) groups is 2. The zero-order valence-corrected chi connectivity index (χ0v) is 12.7. The molecule has 1 fully saturated rings. The van der Waals surface area contributed by atoms with Crippen molar-refractivity contribution in [2.45, 2.75) is 32.7 Å². The van der Waals surface area contributed by atoms with Gasteiger partial charge in [-0.3, -0.25) is 14.5 Å². The van der Waals surface area contributed by atoms with Crippen LogP contribution in [0.1, 0.15) is 37.0 Å². The van der Waals surface area contributed by atoms with E-state index in [0.29, 0.717) is 10.6 Å². The van der Waals surface area contributed by atoms with Crippen molar-refractivity contribution >= 4 is 28.2 Å². The molecule has 0 saturated carbocycles. The average Bonchev–Trinajstić information content (AvgIpc) is 2.87. The second-order valence-electron chi connectivity index (χ2n) is 5.41. The van der Waals surface area contributed by atoms with Crippen molar-refractivity contribution in [2.24, 2.45) is 11.7 Å². The number of nitrogens with two attached hydrogens (primary N) is 1. The van der Waals surface area contributed by atoms with Gasteiger partial charge >= 0.3 is 0 Å². The van der Waals surface area contributed by atoms with Crippen molar-refractivity contribution in [3.63, 3.8) is 0 Å². The molecule has 1 aliphatic rings. The Hall–Kier alpha value is -1.40. The van der Waals surface area contributed by atoms with Crippen LogP contribution in [0.4, 0.5) is 5.00 Å². The molecule has 2 heterocycles. The molecule has 2 rings (SSSR count). The molecule has 110 valence electrons. The van der Waals surface area contributed by atoms with Crippen LogP contribution in [0.15, 0.2) is 11.4 Å². The number of carbonyl (C=O) groups excluding carboxylic acids is 2. The zero-order chi connectivity index (χ0) is 14.7. The van der Waals surface area contributed by atoms with E-state index in [-0.39, 0.29) is 11.9 Å². The Kier molecular flexibility index (Phi) is 4.77. The van der Waals surface area contributed by atoms with Crippen LogP contribution in [0, 0.1) is 5.92 Å². The number of hydrogen-bond donors (Lipinski definition) is 2. The van der Waals surface area contributed by atoms with Crippen molar-refractivity contribution in [3.8, 4) is 0 Å². The number of rotatable bonds is 4. The third-order valence-corrected chi connectivity index (χ3v) is 4.74. The molecule has 0 unspecified atom stereocenters. The maximum atomic E-state index is 12.3. The molecule has 3 N–H and O–H groups in total. The van der Waals surface area contributed by atoms with Gasteiger partial charge < -0.3 is 11.1 Å². The van der Waals surface area contributed by atoms with Crippen LogP contribution in [0.25, 0.3) is 0 Å². The predicted octanol–water partition coefficient (Wildman–Crippen LogP) is 1.91. The first-order valence-corrected chi connectivity index (χ1v) is 7.79. The molecule has 6 heteroatoms. The van der Waals surface area contributed by atoms with Crippen LogP contribution in [0.2, 0.25) is 0 Å². The molecule has 0 aliphatic carbocycles. The first-order valence-electron chi connectivity index (χ1n) is 6.91. The van der Waals surface area contributed by atoms with Crippen LogP contribution in [0.3, 0.4) is 0 Å². The van der Waals surface area contributed by atoms with E-state index in [1.807, 2.05) is 6.92 Å². The van der Waals surface area contributed by atoms with Crippen LogP contribution in [0.5, 0.6) is 0 Å². The number of piperidine rings is 1. The molecular formula is C14H21N3O2S. The van der Waals surface area contributed by atoms with Gasteiger partial charge in [-0.05, 0) is 50.2 Å². The van der Waals surface area contributed by atoms with Gasteiger partial charge in [-0.2, -0.15) is 0 Å². The second kappa shape index (κ2) is 6.37. The summed E-state index contributed by atoms with van der Waals surface area (Å²) in [6.07, 6.45) is 2.26. The van der Waals surface area contributed by atoms with Gasteiger partial charge in [-0.25, -0.2) is 0 Å². The SMILES string of the molecule is CC1CCN([C@@H](C)C(=O)Nc2sccc2C(N)=O)CC1. The fourth-order valence-electron chi connectivity index (χ4n) is 2.40. The van der Waals surface area contributed by atoms with Crippen molar-refractivity contribution in [3.05, 3.63) is 17.0 Å². The minimum Gasteiger partial charge on any atom is -0.366 e. The van der Waals surface area contributed by atoms with Crippen molar-refractivity contribution in [1.29, 1.82) is 0 Å². The standard InChI is InChI=1S/C14H21N3O2S/c1-9-3-6-17(7-4-9)10(2)13(19)16-14-11(12(15)18)5-8-20-14/h5,8-10H,3-4,6-7H2,1-2H3,(H2,15,18)(H,16,19)/t10-/m0/s1. The van der Waals surface area contributed by atoms with Gasteiger partial charge in [0, 0.05) is 0 Å². The highest BCUT2D eigenvalue weighted by Crippen LogP contribution is 2.24. The van der Waals surface area contributed by atoms with Gasteiger partial charge in [0.25, 0.3) is 5.91 Å². The van der Waals surface area contributed by atoms with Crippen LogP contribution >= 0.6 is 11.3 Å². The van der Waals surface area contributed by atoms with E-state index in [2.05, 4.69) is 17.1 Å². The summed E-state index contributed by atoms with van der Waals surface area (Å²) in [5.41, 5.74) is 5.65. The van der Waals surface area contributed by atoms with Gasteiger partial charge in [0.1, 0.15) is 5.00 Å². The van der Waals surface area contributed by atoms with E-state index in [4.69, 9.17) is 5.73 Å². The summed E-state index contributed by atoms with van der Waals surface area (Å²) in [6.45, 7) is 6.04. The number of thiophene rings is 1. The monoisotopic (exact) mass is 295 g/mol. The lowest BCUT2D eigenvalue weighted by atomic mass is 9.98. The van der Waals surface area contributed by atoms with Crippen LogP contribution in [-0.2, 0) is 4.79 Å². The average molecular weight is 295 g/mol. The Morgan fingerprint density at radius 2 is 2.10 bits per heavy atom.